The number of carbonyl (C=O) groups excluding carboxylic acids is 3. The van der Waals surface area contributed by atoms with Crippen molar-refractivity contribution in [3.63, 3.8) is 0 Å². The number of nitrogens with one attached hydrogen (secondary N) is 1. The van der Waals surface area contributed by atoms with E-state index in [-0.39, 0.29) is 18.2 Å². The molecule has 25 heavy (non-hydrogen) atoms. The maximum absolute atomic E-state index is 12.7. The van der Waals surface area contributed by atoms with E-state index in [9.17, 15) is 14.4 Å². The first-order chi connectivity index (χ1) is 11.7. The molecule has 1 aliphatic rings. The Hall–Kier alpha value is -2.89. The van der Waals surface area contributed by atoms with Gasteiger partial charge in [-0.3, -0.25) is 14.5 Å². The second kappa shape index (κ2) is 5.88. The molecule has 0 unspecified atom stereocenters. The van der Waals surface area contributed by atoms with E-state index < -0.39 is 11.6 Å². The molecule has 3 amide bonds. The molecule has 0 spiro atoms. The number of ketones is 1. The van der Waals surface area contributed by atoms with Crippen LogP contribution in [0.3, 0.4) is 0 Å². The van der Waals surface area contributed by atoms with Gasteiger partial charge in [0.15, 0.2) is 5.78 Å². The molecule has 3 rings (SSSR count). The molecule has 1 N–H and O–H groups in total. The highest BCUT2D eigenvalue weighted by Gasteiger charge is 2.45. The first kappa shape index (κ1) is 17.0. The lowest BCUT2D eigenvalue weighted by atomic mass is 10.1. The molecule has 0 saturated carbocycles. The highest BCUT2D eigenvalue weighted by Crippen LogP contribution is 2.23. The van der Waals surface area contributed by atoms with Crippen molar-refractivity contribution in [2.75, 3.05) is 6.54 Å². The smallest absolute Gasteiger partial charge is 0.324 e. The minimum absolute atomic E-state index is 0.253. The van der Waals surface area contributed by atoms with Crippen molar-refractivity contribution in [2.45, 2.75) is 33.2 Å². The summed E-state index contributed by atoms with van der Waals surface area (Å²) in [6, 6.07) is 11.0. The van der Waals surface area contributed by atoms with Crippen LogP contribution in [-0.4, -0.2) is 39.3 Å². The summed E-state index contributed by atoms with van der Waals surface area (Å²) in [6.45, 7) is 6.78. The van der Waals surface area contributed by atoms with Gasteiger partial charge in [-0.05, 0) is 45.9 Å². The number of hydrogen-bond acceptors (Lipinski definition) is 3. The molecule has 6 nitrogen and oxygen atoms in total. The molecule has 1 aromatic heterocycles. The molecule has 0 radical (unpaired) electrons. The predicted octanol–water partition coefficient (Wildman–Crippen LogP) is 2.61. The molecule has 130 valence electrons. The van der Waals surface area contributed by atoms with Gasteiger partial charge < -0.3 is 9.88 Å². The number of aromatic nitrogens is 1. The average Bonchev–Trinajstić information content (AvgIpc) is 2.95. The molecule has 1 aliphatic heterocycles. The molecule has 1 aromatic carbocycles. The lowest BCUT2D eigenvalue weighted by Crippen LogP contribution is -2.41. The van der Waals surface area contributed by atoms with Gasteiger partial charge in [0.05, 0.1) is 6.54 Å². The number of imide groups is 1. The number of hydrogen-bond donors (Lipinski definition) is 1. The summed E-state index contributed by atoms with van der Waals surface area (Å²) < 4.78 is 1.99. The Morgan fingerprint density at radius 3 is 2.32 bits per heavy atom. The Balaban J connectivity index is 1.90. The third-order valence-corrected chi connectivity index (χ3v) is 4.49. The topological polar surface area (TPSA) is 71.4 Å². The van der Waals surface area contributed by atoms with Gasteiger partial charge in [-0.15, -0.1) is 0 Å². The minimum Gasteiger partial charge on any atom is -0.324 e. The van der Waals surface area contributed by atoms with E-state index in [2.05, 4.69) is 5.32 Å². The standard InChI is InChI=1S/C19H21N3O3/c1-12-10-15(13(2)22(12)14-8-6-5-7-9-14)16(23)11-21-17(24)19(3,4)20-18(21)25/h5-10H,11H2,1-4H3,(H,20,25). The van der Waals surface area contributed by atoms with E-state index in [4.69, 9.17) is 0 Å². The van der Waals surface area contributed by atoms with Crippen molar-refractivity contribution >= 4 is 17.7 Å². The van der Waals surface area contributed by atoms with Crippen LogP contribution < -0.4 is 5.32 Å². The van der Waals surface area contributed by atoms with E-state index in [1.807, 2.05) is 48.7 Å². The van der Waals surface area contributed by atoms with Crippen LogP contribution in [0, 0.1) is 13.8 Å². The lowest BCUT2D eigenvalue weighted by Gasteiger charge is -2.15. The van der Waals surface area contributed by atoms with E-state index in [0.717, 1.165) is 22.0 Å². The summed E-state index contributed by atoms with van der Waals surface area (Å²) in [5.74, 6) is -0.640. The van der Waals surface area contributed by atoms with Crippen LogP contribution in [0.15, 0.2) is 36.4 Å². The third-order valence-electron chi connectivity index (χ3n) is 4.49. The van der Waals surface area contributed by atoms with Gasteiger partial charge in [-0.1, -0.05) is 18.2 Å². The zero-order chi connectivity index (χ0) is 18.4. The highest BCUT2D eigenvalue weighted by molar-refractivity contribution is 6.11. The second-order valence-electron chi connectivity index (χ2n) is 6.83. The number of para-hydroxylation sites is 1. The Labute approximate surface area is 146 Å². The number of Topliss-reactive ketones (excluding diaryl/α,β-unsaturated/α-hetero) is 1. The number of amides is 3. The van der Waals surface area contributed by atoms with Crippen molar-refractivity contribution < 1.29 is 14.4 Å². The summed E-state index contributed by atoms with van der Waals surface area (Å²) in [6.07, 6.45) is 0. The maximum atomic E-state index is 12.7. The Bertz CT molecular complexity index is 866. The zero-order valence-corrected chi connectivity index (χ0v) is 14.8. The monoisotopic (exact) mass is 339 g/mol. The van der Waals surface area contributed by atoms with Crippen LogP contribution in [0.5, 0.6) is 0 Å². The fourth-order valence-electron chi connectivity index (χ4n) is 3.21. The number of urea groups is 1. The van der Waals surface area contributed by atoms with Crippen molar-refractivity contribution in [1.29, 1.82) is 0 Å². The quantitative estimate of drug-likeness (QED) is 0.687. The molecular formula is C19H21N3O3. The van der Waals surface area contributed by atoms with Crippen LogP contribution in [0.4, 0.5) is 4.79 Å². The number of carbonyl (C=O) groups is 3. The summed E-state index contributed by atoms with van der Waals surface area (Å²) in [7, 11) is 0. The number of aryl methyl sites for hydroxylation is 1. The summed E-state index contributed by atoms with van der Waals surface area (Å²) in [5.41, 5.74) is 2.22. The summed E-state index contributed by atoms with van der Waals surface area (Å²) >= 11 is 0. The van der Waals surface area contributed by atoms with Crippen molar-refractivity contribution in [3.8, 4) is 5.69 Å². The molecule has 6 heteroatoms. The molecule has 0 aliphatic carbocycles. The van der Waals surface area contributed by atoms with Crippen molar-refractivity contribution in [2.24, 2.45) is 0 Å². The van der Waals surface area contributed by atoms with E-state index >= 15 is 0 Å². The van der Waals surface area contributed by atoms with Gasteiger partial charge in [0.25, 0.3) is 5.91 Å². The minimum atomic E-state index is -0.974. The molecule has 2 heterocycles. The Morgan fingerprint density at radius 2 is 1.76 bits per heavy atom. The van der Waals surface area contributed by atoms with Crippen LogP contribution in [0.2, 0.25) is 0 Å². The molecule has 2 aromatic rings. The first-order valence-electron chi connectivity index (χ1n) is 8.14. The summed E-state index contributed by atoms with van der Waals surface area (Å²) in [4.78, 5) is 38.0. The van der Waals surface area contributed by atoms with Crippen LogP contribution >= 0.6 is 0 Å². The zero-order valence-electron chi connectivity index (χ0n) is 14.8. The lowest BCUT2D eigenvalue weighted by molar-refractivity contribution is -0.129. The fraction of sp³-hybridized carbons (Fsp3) is 0.316. The Morgan fingerprint density at radius 1 is 1.12 bits per heavy atom. The predicted molar refractivity (Wildman–Crippen MR) is 93.9 cm³/mol. The fourth-order valence-corrected chi connectivity index (χ4v) is 3.21. The number of rotatable bonds is 4. The van der Waals surface area contributed by atoms with E-state index in [1.165, 1.54) is 0 Å². The van der Waals surface area contributed by atoms with Crippen LogP contribution in [0.1, 0.15) is 35.6 Å². The van der Waals surface area contributed by atoms with Crippen LogP contribution in [-0.2, 0) is 4.79 Å². The second-order valence-corrected chi connectivity index (χ2v) is 6.83. The number of benzene rings is 1. The van der Waals surface area contributed by atoms with Crippen molar-refractivity contribution in [1.82, 2.24) is 14.8 Å². The highest BCUT2D eigenvalue weighted by atomic mass is 16.2. The third kappa shape index (κ3) is 2.84. The van der Waals surface area contributed by atoms with Gasteiger partial charge in [-0.25, -0.2) is 4.79 Å². The van der Waals surface area contributed by atoms with E-state index in [1.54, 1.807) is 19.9 Å². The molecule has 0 atom stereocenters. The molecular weight excluding hydrogens is 318 g/mol. The van der Waals surface area contributed by atoms with Gasteiger partial charge in [0.1, 0.15) is 5.54 Å². The summed E-state index contributed by atoms with van der Waals surface area (Å²) in [5, 5.41) is 2.59. The molecule has 0 bridgehead atoms. The maximum Gasteiger partial charge on any atom is 0.325 e. The van der Waals surface area contributed by atoms with Gasteiger partial charge in [0, 0.05) is 22.6 Å². The SMILES string of the molecule is Cc1cc(C(=O)CN2C(=O)NC(C)(C)C2=O)c(C)n1-c1ccccc1. The van der Waals surface area contributed by atoms with Gasteiger partial charge in [0.2, 0.25) is 0 Å². The first-order valence-corrected chi connectivity index (χ1v) is 8.14. The number of nitrogens with zero attached hydrogens (tertiary/aromatic N) is 2. The Kier molecular flexibility index (Phi) is 3.99. The van der Waals surface area contributed by atoms with Crippen molar-refractivity contribution in [3.05, 3.63) is 53.3 Å². The van der Waals surface area contributed by atoms with Crippen LogP contribution in [0.25, 0.3) is 5.69 Å². The van der Waals surface area contributed by atoms with Gasteiger partial charge in [-0.2, -0.15) is 0 Å². The largest absolute Gasteiger partial charge is 0.325 e. The molecule has 1 fully saturated rings. The van der Waals surface area contributed by atoms with Gasteiger partial charge >= 0.3 is 6.03 Å². The normalized spacial score (nSPS) is 16.2. The van der Waals surface area contributed by atoms with E-state index in [0.29, 0.717) is 5.56 Å². The molecule has 1 saturated heterocycles. The average molecular weight is 339 g/mol.